The molecule has 1 N–H and O–H groups in total. The van der Waals surface area contributed by atoms with Gasteiger partial charge in [-0.15, -0.1) is 11.8 Å². The lowest BCUT2D eigenvalue weighted by atomic mass is 9.78. The van der Waals surface area contributed by atoms with Crippen molar-refractivity contribution in [2.45, 2.75) is 57.9 Å². The van der Waals surface area contributed by atoms with E-state index in [1.54, 1.807) is 11.8 Å². The molecule has 21 heavy (non-hydrogen) atoms. The number of aryl methyl sites for hydroxylation is 2. The van der Waals surface area contributed by atoms with E-state index in [2.05, 4.69) is 51.2 Å². The molecule has 0 unspecified atom stereocenters. The molecule has 2 rings (SSSR count). The molecule has 0 spiro atoms. The standard InChI is InChI=1S/C18H27NOS/c1-12-8-9-17(14(3)10-12)21-11-18(20)19-16-7-5-6-13(2)15(16)4/h8-10,13,15-16H,5-7,11H2,1-4H3,(H,19,20)/t13-,15+,16+/m1/s1. The first-order valence-corrected chi connectivity index (χ1v) is 8.95. The molecule has 1 aliphatic carbocycles. The minimum absolute atomic E-state index is 0.172. The lowest BCUT2D eigenvalue weighted by Crippen LogP contribution is -2.44. The van der Waals surface area contributed by atoms with Crippen LogP contribution in [0.4, 0.5) is 0 Å². The Balaban J connectivity index is 1.84. The van der Waals surface area contributed by atoms with Gasteiger partial charge in [-0.05, 0) is 43.7 Å². The van der Waals surface area contributed by atoms with Crippen molar-refractivity contribution in [3.05, 3.63) is 29.3 Å². The van der Waals surface area contributed by atoms with Gasteiger partial charge in [0, 0.05) is 10.9 Å². The topological polar surface area (TPSA) is 29.1 Å². The summed E-state index contributed by atoms with van der Waals surface area (Å²) in [7, 11) is 0. The van der Waals surface area contributed by atoms with Gasteiger partial charge in [-0.1, -0.05) is 44.4 Å². The van der Waals surface area contributed by atoms with Crippen LogP contribution in [0.15, 0.2) is 23.1 Å². The fourth-order valence-corrected chi connectivity index (χ4v) is 3.96. The molecule has 0 aromatic heterocycles. The third-order valence-electron chi connectivity index (χ3n) is 4.74. The fourth-order valence-electron chi connectivity index (χ4n) is 3.14. The molecule has 0 aliphatic heterocycles. The molecule has 1 amide bonds. The minimum Gasteiger partial charge on any atom is -0.352 e. The van der Waals surface area contributed by atoms with Gasteiger partial charge < -0.3 is 5.32 Å². The summed E-state index contributed by atoms with van der Waals surface area (Å²) in [5.74, 6) is 2.00. The van der Waals surface area contributed by atoms with E-state index in [4.69, 9.17) is 0 Å². The van der Waals surface area contributed by atoms with Crippen LogP contribution in [0.1, 0.15) is 44.2 Å². The molecule has 2 nitrogen and oxygen atoms in total. The summed E-state index contributed by atoms with van der Waals surface area (Å²) in [6.07, 6.45) is 3.66. The van der Waals surface area contributed by atoms with Crippen LogP contribution in [0.25, 0.3) is 0 Å². The van der Waals surface area contributed by atoms with E-state index in [1.165, 1.54) is 28.9 Å². The molecular weight excluding hydrogens is 278 g/mol. The highest BCUT2D eigenvalue weighted by molar-refractivity contribution is 8.00. The normalized spacial score (nSPS) is 25.6. The molecular formula is C18H27NOS. The van der Waals surface area contributed by atoms with Gasteiger partial charge in [0.05, 0.1) is 5.75 Å². The van der Waals surface area contributed by atoms with E-state index in [0.717, 1.165) is 12.3 Å². The summed E-state index contributed by atoms with van der Waals surface area (Å²) in [5, 5.41) is 3.24. The summed E-state index contributed by atoms with van der Waals surface area (Å²) in [6, 6.07) is 6.76. The SMILES string of the molecule is Cc1ccc(SCC(=O)N[C@H]2CCC[C@@H](C)[C@@H]2C)c(C)c1. The maximum atomic E-state index is 12.2. The molecule has 0 heterocycles. The predicted octanol–water partition coefficient (Wildman–Crippen LogP) is 4.34. The summed E-state index contributed by atoms with van der Waals surface area (Å²) < 4.78 is 0. The van der Waals surface area contributed by atoms with Gasteiger partial charge >= 0.3 is 0 Å². The van der Waals surface area contributed by atoms with E-state index >= 15 is 0 Å². The first-order chi connectivity index (χ1) is 9.97. The number of benzene rings is 1. The monoisotopic (exact) mass is 305 g/mol. The van der Waals surface area contributed by atoms with Crippen molar-refractivity contribution in [1.82, 2.24) is 5.32 Å². The van der Waals surface area contributed by atoms with Crippen LogP contribution in [-0.2, 0) is 4.79 Å². The first kappa shape index (κ1) is 16.4. The lowest BCUT2D eigenvalue weighted by molar-refractivity contribution is -0.119. The molecule has 1 aromatic carbocycles. The first-order valence-electron chi connectivity index (χ1n) is 7.97. The smallest absolute Gasteiger partial charge is 0.230 e. The molecule has 0 radical (unpaired) electrons. The van der Waals surface area contributed by atoms with Crippen molar-refractivity contribution >= 4 is 17.7 Å². The number of rotatable bonds is 4. The van der Waals surface area contributed by atoms with Crippen molar-refractivity contribution in [1.29, 1.82) is 0 Å². The molecule has 3 heteroatoms. The largest absolute Gasteiger partial charge is 0.352 e. The Morgan fingerprint density at radius 1 is 1.29 bits per heavy atom. The number of hydrogen-bond donors (Lipinski definition) is 1. The lowest BCUT2D eigenvalue weighted by Gasteiger charge is -2.34. The third kappa shape index (κ3) is 4.50. The Morgan fingerprint density at radius 3 is 2.76 bits per heavy atom. The van der Waals surface area contributed by atoms with Gasteiger partial charge in [0.15, 0.2) is 0 Å². The number of hydrogen-bond acceptors (Lipinski definition) is 2. The Labute approximate surface area is 133 Å². The van der Waals surface area contributed by atoms with E-state index in [0.29, 0.717) is 17.7 Å². The van der Waals surface area contributed by atoms with Crippen LogP contribution >= 0.6 is 11.8 Å². The molecule has 3 atom stereocenters. The fraction of sp³-hybridized carbons (Fsp3) is 0.611. The number of nitrogens with one attached hydrogen (secondary N) is 1. The zero-order valence-corrected chi connectivity index (χ0v) is 14.4. The Bertz CT molecular complexity index is 500. The summed E-state index contributed by atoms with van der Waals surface area (Å²) in [5.41, 5.74) is 2.53. The second kappa shape index (κ2) is 7.35. The Morgan fingerprint density at radius 2 is 2.05 bits per heavy atom. The molecule has 1 aliphatic rings. The summed E-state index contributed by atoms with van der Waals surface area (Å²) in [4.78, 5) is 13.4. The van der Waals surface area contributed by atoms with E-state index in [9.17, 15) is 4.79 Å². The number of thioether (sulfide) groups is 1. The predicted molar refractivity (Wildman–Crippen MR) is 90.7 cm³/mol. The highest BCUT2D eigenvalue weighted by atomic mass is 32.2. The molecule has 1 saturated carbocycles. The van der Waals surface area contributed by atoms with Crippen LogP contribution in [0.5, 0.6) is 0 Å². The number of carbonyl (C=O) groups is 1. The van der Waals surface area contributed by atoms with Gasteiger partial charge in [0.2, 0.25) is 5.91 Å². The second-order valence-corrected chi connectivity index (χ2v) is 7.52. The Kier molecular flexibility index (Phi) is 5.74. The van der Waals surface area contributed by atoms with Crippen molar-refractivity contribution in [2.75, 3.05) is 5.75 Å². The second-order valence-electron chi connectivity index (χ2n) is 6.50. The van der Waals surface area contributed by atoms with Gasteiger partial charge in [-0.2, -0.15) is 0 Å². The van der Waals surface area contributed by atoms with Crippen molar-refractivity contribution in [2.24, 2.45) is 11.8 Å². The average molecular weight is 305 g/mol. The van der Waals surface area contributed by atoms with Crippen LogP contribution in [0.2, 0.25) is 0 Å². The highest BCUT2D eigenvalue weighted by Crippen LogP contribution is 2.29. The van der Waals surface area contributed by atoms with Crippen LogP contribution < -0.4 is 5.32 Å². The van der Waals surface area contributed by atoms with Gasteiger partial charge in [-0.3, -0.25) is 4.79 Å². The van der Waals surface area contributed by atoms with Crippen LogP contribution in [-0.4, -0.2) is 17.7 Å². The van der Waals surface area contributed by atoms with E-state index < -0.39 is 0 Å². The third-order valence-corrected chi connectivity index (χ3v) is 5.92. The van der Waals surface area contributed by atoms with Gasteiger partial charge in [-0.25, -0.2) is 0 Å². The van der Waals surface area contributed by atoms with Crippen molar-refractivity contribution < 1.29 is 4.79 Å². The summed E-state index contributed by atoms with van der Waals surface area (Å²) in [6.45, 7) is 8.78. The van der Waals surface area contributed by atoms with Crippen molar-refractivity contribution in [3.8, 4) is 0 Å². The van der Waals surface area contributed by atoms with E-state index in [1.807, 2.05) is 0 Å². The molecule has 1 fully saturated rings. The highest BCUT2D eigenvalue weighted by Gasteiger charge is 2.27. The molecule has 0 saturated heterocycles. The summed E-state index contributed by atoms with van der Waals surface area (Å²) >= 11 is 1.64. The van der Waals surface area contributed by atoms with Gasteiger partial charge in [0.1, 0.15) is 0 Å². The van der Waals surface area contributed by atoms with Crippen LogP contribution in [0, 0.1) is 25.7 Å². The maximum absolute atomic E-state index is 12.2. The average Bonchev–Trinajstić information content (AvgIpc) is 2.43. The zero-order valence-electron chi connectivity index (χ0n) is 13.6. The maximum Gasteiger partial charge on any atom is 0.230 e. The molecule has 0 bridgehead atoms. The minimum atomic E-state index is 0.172. The zero-order chi connectivity index (χ0) is 15.4. The number of carbonyl (C=O) groups excluding carboxylic acids is 1. The quantitative estimate of drug-likeness (QED) is 0.839. The van der Waals surface area contributed by atoms with Crippen LogP contribution in [0.3, 0.4) is 0 Å². The van der Waals surface area contributed by atoms with Gasteiger partial charge in [0.25, 0.3) is 0 Å². The molecule has 116 valence electrons. The molecule has 1 aromatic rings. The van der Waals surface area contributed by atoms with E-state index in [-0.39, 0.29) is 5.91 Å². The number of amides is 1. The van der Waals surface area contributed by atoms with Crippen molar-refractivity contribution in [3.63, 3.8) is 0 Å². The Hall–Kier alpha value is -0.960.